The predicted molar refractivity (Wildman–Crippen MR) is 247 cm³/mol. The Morgan fingerprint density at radius 3 is 0.828 bits per heavy atom. The van der Waals surface area contributed by atoms with Crippen LogP contribution >= 0.6 is 0 Å². The van der Waals surface area contributed by atoms with Gasteiger partial charge in [-0.05, 0) is 38.6 Å². The molecule has 2 aliphatic rings. The molecule has 0 amide bonds. The summed E-state index contributed by atoms with van der Waals surface area (Å²) in [5.41, 5.74) is 9.37. The van der Waals surface area contributed by atoms with E-state index in [2.05, 4.69) is 23.7 Å². The molecule has 2 fully saturated rings. The Bertz CT molecular complexity index is 1130. The fraction of sp³-hybridized carbons (Fsp3) is 1.00. The topological polar surface area (TPSA) is 216 Å². The van der Waals surface area contributed by atoms with E-state index in [0.29, 0.717) is 0 Å². The third kappa shape index (κ3) is 46.7. The Hall–Kier alpha value is -0.360. The fourth-order valence-electron chi connectivity index (χ4n) is 6.80. The molecule has 2 saturated heterocycles. The van der Waals surface area contributed by atoms with Gasteiger partial charge < -0.3 is 15.6 Å². The second kappa shape index (κ2) is 40.7. The van der Waals surface area contributed by atoms with Gasteiger partial charge in [-0.3, -0.25) is 0 Å². The quantitative estimate of drug-likeness (QED) is 0.0547. The molecule has 0 bridgehead atoms. The maximum absolute atomic E-state index is 10.6. The first-order valence-corrected chi connectivity index (χ1v) is 30.1. The van der Waals surface area contributed by atoms with Crippen molar-refractivity contribution in [2.45, 2.75) is 232 Å². The fourth-order valence-corrected chi connectivity index (χ4v) is 13.4. The molecule has 58 heavy (non-hydrogen) atoms. The lowest BCUT2D eigenvalue weighted by atomic mass is 10.0. The van der Waals surface area contributed by atoms with E-state index >= 15 is 0 Å². The third-order valence-electron chi connectivity index (χ3n) is 10.3. The molecular formula is C42H92N4O8S4. The first-order valence-electron chi connectivity index (χ1n) is 23.6. The number of unbranched alkanes of at least 4 members (excludes halogenated alkanes) is 30. The van der Waals surface area contributed by atoms with Crippen molar-refractivity contribution in [2.24, 2.45) is 5.73 Å². The van der Waals surface area contributed by atoms with Crippen LogP contribution in [0.2, 0.25) is 0 Å². The van der Waals surface area contributed by atoms with E-state index in [9.17, 15) is 33.7 Å². The molecule has 2 heterocycles. The molecule has 12 nitrogen and oxygen atoms in total. The Balaban J connectivity index is 0. The first-order chi connectivity index (χ1) is 27.7. The second-order valence-electron chi connectivity index (χ2n) is 16.3. The largest absolute Gasteiger partial charge is 0.436 e. The molecule has 0 saturated carbocycles. The number of nitrogens with zero attached hydrogens (tertiary/aromatic N) is 1. The minimum Gasteiger partial charge on any atom is -0.436 e. The number of quaternary nitrogens is 1. The van der Waals surface area contributed by atoms with Crippen molar-refractivity contribution < 1.29 is 39.4 Å². The summed E-state index contributed by atoms with van der Waals surface area (Å²) in [6, 6.07) is 0. The van der Waals surface area contributed by atoms with Gasteiger partial charge in [0.25, 0.3) is 0 Å². The smallest absolute Gasteiger partial charge is 0.224 e. The molecule has 0 aromatic heterocycles. The molecule has 2 aliphatic heterocycles. The molecule has 0 radical (unpaired) electrons. The molecule has 0 aromatic rings. The van der Waals surface area contributed by atoms with Gasteiger partial charge in [0.2, 0.25) is 20.0 Å². The van der Waals surface area contributed by atoms with Crippen molar-refractivity contribution in [3.8, 4) is 0 Å². The Morgan fingerprint density at radius 2 is 0.638 bits per heavy atom. The highest BCUT2D eigenvalue weighted by molar-refractivity contribution is 8.12. The summed E-state index contributed by atoms with van der Waals surface area (Å²) in [6.45, 7) is 6.58. The van der Waals surface area contributed by atoms with Gasteiger partial charge in [-0.15, -0.1) is 4.13 Å². The van der Waals surface area contributed by atoms with Crippen LogP contribution < -0.4 is 15.6 Å². The van der Waals surface area contributed by atoms with Crippen LogP contribution in [0, 0.1) is 0 Å². The molecule has 2 rings (SSSR count). The van der Waals surface area contributed by atoms with Crippen molar-refractivity contribution in [1.29, 1.82) is 0 Å². The highest BCUT2D eigenvalue weighted by Crippen LogP contribution is 2.19. The van der Waals surface area contributed by atoms with Crippen molar-refractivity contribution in [3.05, 3.63) is 4.13 Å². The summed E-state index contributed by atoms with van der Waals surface area (Å²) in [5, 5.41) is 0. The van der Waals surface area contributed by atoms with Gasteiger partial charge in [0, 0.05) is 11.5 Å². The standard InChI is InChI=1S/2C18H39N.C3H7NO4S2.C3H6NO4S2/c2*1-2-3-4-5-6-7-8-9-10-11-12-13-14-15-16-17-18-19;2*5-9(6)2-1-3-10(7,8)4-9/h2*2-19H2,1H3;4H,1-3H2;1-3H2/q;;;-1/p+1. The van der Waals surface area contributed by atoms with Gasteiger partial charge in [-0.2, -0.15) is 0 Å². The summed E-state index contributed by atoms with van der Waals surface area (Å²) >= 11 is 0. The molecule has 16 heteroatoms. The average molecular weight is 909 g/mol. The summed E-state index contributed by atoms with van der Waals surface area (Å²) < 4.78 is 88.7. The van der Waals surface area contributed by atoms with Crippen molar-refractivity contribution >= 4 is 40.1 Å². The SMILES string of the molecule is CCCCCCCCCCCCCCCCCCN.CCCCCCCCCCCCCCCCCC[NH3+].O=S1(=O)CCCS(=O)(=O)N1.O=S1(=O)CCCS(=O)(=O)[N-]1. The number of sulfonamides is 4. The number of nitrogens with two attached hydrogens (primary N) is 1. The molecular weight excluding hydrogens is 817 g/mol. The van der Waals surface area contributed by atoms with Gasteiger partial charge in [0.15, 0.2) is 0 Å². The van der Waals surface area contributed by atoms with E-state index in [1.54, 1.807) is 4.13 Å². The second-order valence-corrected chi connectivity index (χ2v) is 24.0. The van der Waals surface area contributed by atoms with Gasteiger partial charge in [0.05, 0.1) is 38.1 Å². The molecule has 0 spiro atoms. The van der Waals surface area contributed by atoms with Crippen molar-refractivity contribution in [2.75, 3.05) is 36.1 Å². The number of hydrogen-bond donors (Lipinski definition) is 3. The molecule has 0 unspecified atom stereocenters. The van der Waals surface area contributed by atoms with Crippen LogP contribution in [0.15, 0.2) is 0 Å². The summed E-state index contributed by atoms with van der Waals surface area (Å²) in [5.74, 6) is -0.475. The van der Waals surface area contributed by atoms with Crippen LogP contribution in [0.3, 0.4) is 0 Å². The number of rotatable bonds is 32. The monoisotopic (exact) mass is 909 g/mol. The van der Waals surface area contributed by atoms with Gasteiger partial charge in [0.1, 0.15) is 0 Å². The molecule has 6 N–H and O–H groups in total. The van der Waals surface area contributed by atoms with Gasteiger partial charge in [-0.1, -0.05) is 200 Å². The molecule has 352 valence electrons. The van der Waals surface area contributed by atoms with E-state index < -0.39 is 40.1 Å². The summed E-state index contributed by atoms with van der Waals surface area (Å²) in [4.78, 5) is 0. The lowest BCUT2D eigenvalue weighted by Crippen LogP contribution is -2.50. The molecule has 0 atom stereocenters. The third-order valence-corrected chi connectivity index (χ3v) is 17.4. The Morgan fingerprint density at radius 1 is 0.397 bits per heavy atom. The maximum Gasteiger partial charge on any atom is 0.224 e. The maximum atomic E-state index is 10.6. The predicted octanol–water partition coefficient (Wildman–Crippen LogP) is 9.76. The number of hydrogen-bond acceptors (Lipinski definition) is 9. The zero-order valence-corrected chi connectivity index (χ0v) is 40.7. The van der Waals surface area contributed by atoms with E-state index in [1.807, 2.05) is 0 Å². The highest BCUT2D eigenvalue weighted by atomic mass is 32.3. The Labute approximate surface area is 360 Å². The highest BCUT2D eigenvalue weighted by Gasteiger charge is 2.25. The minimum atomic E-state index is -3.65. The van der Waals surface area contributed by atoms with Crippen LogP contribution in [0.5, 0.6) is 0 Å². The van der Waals surface area contributed by atoms with Crippen LogP contribution in [-0.4, -0.2) is 69.8 Å². The lowest BCUT2D eigenvalue weighted by Gasteiger charge is -2.25. The van der Waals surface area contributed by atoms with Crippen LogP contribution in [0.1, 0.15) is 232 Å². The normalized spacial score (nSPS) is 17.4. The minimum absolute atomic E-state index is 0.0910. The van der Waals surface area contributed by atoms with Crippen LogP contribution in [0.4, 0.5) is 0 Å². The van der Waals surface area contributed by atoms with E-state index in [0.717, 1.165) is 13.1 Å². The van der Waals surface area contributed by atoms with Crippen LogP contribution in [0.25, 0.3) is 4.13 Å². The average Bonchev–Trinajstić information content (AvgIpc) is 3.14. The molecule has 0 aliphatic carbocycles. The van der Waals surface area contributed by atoms with Crippen LogP contribution in [-0.2, 0) is 40.1 Å². The zero-order chi connectivity index (χ0) is 43.7. The first kappa shape index (κ1) is 59.7. The zero-order valence-electron chi connectivity index (χ0n) is 37.4. The van der Waals surface area contributed by atoms with Crippen molar-refractivity contribution in [1.82, 2.24) is 4.13 Å². The summed E-state index contributed by atoms with van der Waals surface area (Å²) in [7, 11) is -14.4. The molecule has 0 aromatic carbocycles. The summed E-state index contributed by atoms with van der Waals surface area (Å²) in [6.07, 6.45) is 46.4. The Kier molecular flexibility index (Phi) is 41.9. The van der Waals surface area contributed by atoms with Crippen molar-refractivity contribution in [3.63, 3.8) is 0 Å². The number of nitrogens with one attached hydrogen (secondary N) is 1. The van der Waals surface area contributed by atoms with E-state index in [4.69, 9.17) is 5.73 Å². The van der Waals surface area contributed by atoms with E-state index in [1.165, 1.54) is 205 Å². The van der Waals surface area contributed by atoms with E-state index in [-0.39, 0.29) is 35.9 Å². The van der Waals surface area contributed by atoms with Gasteiger partial charge >= 0.3 is 0 Å². The lowest BCUT2D eigenvalue weighted by molar-refractivity contribution is -0.368. The van der Waals surface area contributed by atoms with Gasteiger partial charge in [-0.25, -0.2) is 33.7 Å².